The minimum absolute atomic E-state index is 0.0212. The van der Waals surface area contributed by atoms with E-state index in [0.717, 1.165) is 33.8 Å². The first-order chi connectivity index (χ1) is 12.0. The van der Waals surface area contributed by atoms with Crippen LogP contribution in [0.25, 0.3) is 0 Å². The maximum atomic E-state index is 11.5. The van der Waals surface area contributed by atoms with Gasteiger partial charge in [0.25, 0.3) is 0 Å². The molecule has 0 aliphatic rings. The van der Waals surface area contributed by atoms with Crippen molar-refractivity contribution in [2.24, 2.45) is 0 Å². The van der Waals surface area contributed by atoms with E-state index in [4.69, 9.17) is 4.74 Å². The van der Waals surface area contributed by atoms with Gasteiger partial charge in [-0.25, -0.2) is 0 Å². The van der Waals surface area contributed by atoms with Gasteiger partial charge in [-0.05, 0) is 40.8 Å². The molecule has 140 valence electrons. The van der Waals surface area contributed by atoms with E-state index in [0.29, 0.717) is 8.58 Å². The molecule has 3 heteroatoms. The normalized spacial score (nSPS) is 12.6. The molecule has 0 aliphatic carbocycles. The van der Waals surface area contributed by atoms with Crippen molar-refractivity contribution in [3.63, 3.8) is 0 Å². The van der Waals surface area contributed by atoms with Crippen molar-refractivity contribution in [2.75, 3.05) is 7.11 Å². The van der Waals surface area contributed by atoms with Crippen molar-refractivity contribution in [3.8, 4) is 5.75 Å². The van der Waals surface area contributed by atoms with Crippen molar-refractivity contribution < 1.29 is 9.53 Å². The SMILES string of the molecule is COc1c(Pc2ccc(C)cc2C=O)cc(C(C)(C)C)cc1C(C)(C)C. The Balaban J connectivity index is 2.69. The molecule has 26 heavy (non-hydrogen) atoms. The molecule has 0 spiro atoms. The van der Waals surface area contributed by atoms with Crippen LogP contribution in [0.1, 0.15) is 68.6 Å². The van der Waals surface area contributed by atoms with Gasteiger partial charge in [0.15, 0.2) is 6.29 Å². The second kappa shape index (κ2) is 7.53. The van der Waals surface area contributed by atoms with Crippen molar-refractivity contribution in [1.29, 1.82) is 0 Å². The molecule has 2 aromatic carbocycles. The van der Waals surface area contributed by atoms with Crippen LogP contribution in [0.4, 0.5) is 0 Å². The van der Waals surface area contributed by atoms with Crippen LogP contribution < -0.4 is 15.3 Å². The number of carbonyl (C=O) groups is 1. The smallest absolute Gasteiger partial charge is 0.150 e. The standard InChI is InChI=1S/C23H31O2P/c1-15-9-10-19(16(11-15)14-24)26-20-13-17(22(2,3)4)12-18(21(20)25-8)23(5,6)7/h9-14,26H,1-8H3. The third kappa shape index (κ3) is 4.54. The van der Waals surface area contributed by atoms with Gasteiger partial charge >= 0.3 is 0 Å². The summed E-state index contributed by atoms with van der Waals surface area (Å²) in [6, 6.07) is 10.6. The number of aldehydes is 1. The number of rotatable bonds is 4. The molecule has 0 fully saturated rings. The molecule has 2 aromatic rings. The molecule has 0 amide bonds. The van der Waals surface area contributed by atoms with Crippen molar-refractivity contribution in [1.82, 2.24) is 0 Å². The van der Waals surface area contributed by atoms with Crippen LogP contribution in [0.3, 0.4) is 0 Å². The van der Waals surface area contributed by atoms with E-state index in [1.165, 1.54) is 11.1 Å². The van der Waals surface area contributed by atoms with Gasteiger partial charge in [0.2, 0.25) is 0 Å². The third-order valence-electron chi connectivity index (χ3n) is 4.57. The van der Waals surface area contributed by atoms with Crippen molar-refractivity contribution in [2.45, 2.75) is 59.3 Å². The third-order valence-corrected chi connectivity index (χ3v) is 5.94. The lowest BCUT2D eigenvalue weighted by Crippen LogP contribution is -2.22. The Hall–Kier alpha value is -1.66. The highest BCUT2D eigenvalue weighted by atomic mass is 31.1. The van der Waals surface area contributed by atoms with Gasteiger partial charge in [0.05, 0.1) is 7.11 Å². The minimum atomic E-state index is -0.0212. The lowest BCUT2D eigenvalue weighted by Gasteiger charge is -2.29. The van der Waals surface area contributed by atoms with E-state index in [-0.39, 0.29) is 10.8 Å². The quantitative estimate of drug-likeness (QED) is 0.557. The Bertz CT molecular complexity index is 808. The summed E-state index contributed by atoms with van der Waals surface area (Å²) in [5.41, 5.74) is 4.41. The largest absolute Gasteiger partial charge is 0.496 e. The van der Waals surface area contributed by atoms with Crippen LogP contribution in [0.5, 0.6) is 5.75 Å². The molecule has 0 saturated heterocycles. The Kier molecular flexibility index (Phi) is 5.98. The molecule has 0 bridgehead atoms. The van der Waals surface area contributed by atoms with Gasteiger partial charge < -0.3 is 4.74 Å². The zero-order chi connectivity index (χ0) is 19.7. The maximum absolute atomic E-state index is 11.5. The highest BCUT2D eigenvalue weighted by Crippen LogP contribution is 2.37. The number of carbonyl (C=O) groups excluding carboxylic acids is 1. The lowest BCUT2D eigenvalue weighted by atomic mass is 9.80. The first-order valence-electron chi connectivity index (χ1n) is 9.03. The Morgan fingerprint density at radius 2 is 1.58 bits per heavy atom. The zero-order valence-corrected chi connectivity index (χ0v) is 18.3. The van der Waals surface area contributed by atoms with Crippen LogP contribution in [0, 0.1) is 6.92 Å². The fraction of sp³-hybridized carbons (Fsp3) is 0.435. The van der Waals surface area contributed by atoms with Crippen molar-refractivity contribution >= 4 is 25.5 Å². The number of methoxy groups -OCH3 is 1. The fourth-order valence-corrected chi connectivity index (χ4v) is 4.28. The van der Waals surface area contributed by atoms with Crippen LogP contribution in [0.2, 0.25) is 0 Å². The molecule has 0 aliphatic heterocycles. The highest BCUT2D eigenvalue weighted by molar-refractivity contribution is 7.56. The zero-order valence-electron chi connectivity index (χ0n) is 17.3. The molecule has 0 radical (unpaired) electrons. The van der Waals surface area contributed by atoms with E-state index < -0.39 is 0 Å². The van der Waals surface area contributed by atoms with Gasteiger partial charge in [-0.1, -0.05) is 73.9 Å². The molecule has 1 unspecified atom stereocenters. The van der Waals surface area contributed by atoms with E-state index in [9.17, 15) is 4.79 Å². The van der Waals surface area contributed by atoms with Gasteiger partial charge in [-0.3, -0.25) is 4.79 Å². The molecule has 0 aromatic heterocycles. The van der Waals surface area contributed by atoms with Crippen LogP contribution in [-0.4, -0.2) is 13.4 Å². The first-order valence-corrected chi connectivity index (χ1v) is 10.0. The number of benzene rings is 2. The van der Waals surface area contributed by atoms with E-state index in [1.54, 1.807) is 7.11 Å². The van der Waals surface area contributed by atoms with Gasteiger partial charge in [0, 0.05) is 16.4 Å². The summed E-state index contributed by atoms with van der Waals surface area (Å²) in [5.74, 6) is 0.946. The van der Waals surface area contributed by atoms with Gasteiger partial charge in [-0.2, -0.15) is 0 Å². The van der Waals surface area contributed by atoms with Gasteiger partial charge in [0.1, 0.15) is 5.75 Å². The van der Waals surface area contributed by atoms with Crippen molar-refractivity contribution in [3.05, 3.63) is 52.6 Å². The number of hydrogen-bond acceptors (Lipinski definition) is 2. The monoisotopic (exact) mass is 370 g/mol. The van der Waals surface area contributed by atoms with E-state index in [1.807, 2.05) is 13.0 Å². The summed E-state index contributed by atoms with van der Waals surface area (Å²) in [7, 11) is 2.12. The summed E-state index contributed by atoms with van der Waals surface area (Å²) in [6.45, 7) is 15.4. The lowest BCUT2D eigenvalue weighted by molar-refractivity contribution is 0.112. The number of ether oxygens (including phenoxy) is 1. The fourth-order valence-electron chi connectivity index (χ4n) is 2.97. The minimum Gasteiger partial charge on any atom is -0.496 e. The molecule has 1 atom stereocenters. The molecule has 2 rings (SSSR count). The number of hydrogen-bond donors (Lipinski definition) is 0. The van der Waals surface area contributed by atoms with Crippen LogP contribution in [-0.2, 0) is 10.8 Å². The Labute approximate surface area is 160 Å². The number of aryl methyl sites for hydroxylation is 1. The van der Waals surface area contributed by atoms with Crippen LogP contribution in [0.15, 0.2) is 30.3 Å². The van der Waals surface area contributed by atoms with E-state index in [2.05, 4.69) is 65.8 Å². The molecule has 0 heterocycles. The molecule has 0 saturated carbocycles. The topological polar surface area (TPSA) is 26.3 Å². The summed E-state index contributed by atoms with van der Waals surface area (Å²) < 4.78 is 5.86. The molecule has 2 nitrogen and oxygen atoms in total. The predicted molar refractivity (Wildman–Crippen MR) is 115 cm³/mol. The summed E-state index contributed by atoms with van der Waals surface area (Å²) in [5, 5.41) is 2.23. The Morgan fingerprint density at radius 1 is 0.923 bits per heavy atom. The molecular weight excluding hydrogens is 339 g/mol. The second-order valence-electron chi connectivity index (χ2n) is 8.94. The van der Waals surface area contributed by atoms with Crippen LogP contribution >= 0.6 is 8.58 Å². The first kappa shape index (κ1) is 20.6. The van der Waals surface area contributed by atoms with Gasteiger partial charge in [-0.15, -0.1) is 0 Å². The summed E-state index contributed by atoms with van der Waals surface area (Å²) in [4.78, 5) is 11.5. The van der Waals surface area contributed by atoms with E-state index >= 15 is 0 Å². The molecule has 0 N–H and O–H groups in total. The average Bonchev–Trinajstić information content (AvgIpc) is 2.53. The Morgan fingerprint density at radius 3 is 2.08 bits per heavy atom. The maximum Gasteiger partial charge on any atom is 0.150 e. The second-order valence-corrected chi connectivity index (χ2v) is 10.3. The average molecular weight is 370 g/mol. The highest BCUT2D eigenvalue weighted by Gasteiger charge is 2.26. The summed E-state index contributed by atoms with van der Waals surface area (Å²) >= 11 is 0. The predicted octanol–water partition coefficient (Wildman–Crippen LogP) is 5.04. The summed E-state index contributed by atoms with van der Waals surface area (Å²) in [6.07, 6.45) is 0.958. The molecular formula is C23H31O2P.